The standard InChI is InChI=1S/C34H40ClF2N9O3/c1-32(2,3)18-34(33(4)12-10-20(11-13-33)22-15-40-45(16-22)29(36)37)28(47)46(30(38)43-34)26(17-49-31(48)42-23-7-8-23)21-6-9-25(35)24(14-21)27-39-19-41-44(27)5/h6,9-12,14-16,19,23,26,29H,7-8,13,17-18H2,1-5H3,(H2,38,43)(H,42,48)/t26-,33?,34+/m1/s1. The zero-order chi connectivity index (χ0) is 35.3. The van der Waals surface area contributed by atoms with Gasteiger partial charge in [0.15, 0.2) is 17.3 Å². The van der Waals surface area contributed by atoms with E-state index in [9.17, 15) is 13.6 Å². The molecular formula is C34H40ClF2N9O3. The Morgan fingerprint density at radius 1 is 1.24 bits per heavy atom. The second-order valence-corrected chi connectivity index (χ2v) is 14.7. The van der Waals surface area contributed by atoms with E-state index >= 15 is 4.79 Å². The van der Waals surface area contributed by atoms with Crippen molar-refractivity contribution < 1.29 is 23.1 Å². The van der Waals surface area contributed by atoms with Crippen LogP contribution in [0.3, 0.4) is 0 Å². The minimum atomic E-state index is -2.75. The Morgan fingerprint density at radius 3 is 2.59 bits per heavy atom. The number of alkyl halides is 2. The summed E-state index contributed by atoms with van der Waals surface area (Å²) in [4.78, 5) is 38.6. The molecule has 3 N–H and O–H groups in total. The zero-order valence-corrected chi connectivity index (χ0v) is 28.8. The van der Waals surface area contributed by atoms with E-state index in [0.29, 0.717) is 50.6 Å². The van der Waals surface area contributed by atoms with Crippen LogP contribution in [0, 0.1) is 10.8 Å². The number of aliphatic imine (C=N–C) groups is 1. The van der Waals surface area contributed by atoms with Crippen molar-refractivity contribution in [2.45, 2.75) is 77.6 Å². The number of hydrogen-bond donors (Lipinski definition) is 2. The summed E-state index contributed by atoms with van der Waals surface area (Å²) < 4.78 is 34.4. The van der Waals surface area contributed by atoms with Gasteiger partial charge in [0.2, 0.25) is 0 Å². The molecule has 3 aliphatic rings. The Labute approximate surface area is 288 Å². The molecule has 3 aromatic rings. The lowest BCUT2D eigenvalue weighted by Crippen LogP contribution is -2.55. The molecule has 49 heavy (non-hydrogen) atoms. The topological polar surface area (TPSA) is 146 Å². The molecule has 2 amide bonds. The van der Waals surface area contributed by atoms with Crippen LogP contribution in [0.5, 0.6) is 0 Å². The van der Waals surface area contributed by atoms with Crippen molar-refractivity contribution in [3.8, 4) is 11.4 Å². The van der Waals surface area contributed by atoms with Crippen LogP contribution in [0.15, 0.2) is 60.1 Å². The van der Waals surface area contributed by atoms with E-state index in [1.165, 1.54) is 23.6 Å². The number of nitrogens with zero attached hydrogens (tertiary/aromatic N) is 7. The van der Waals surface area contributed by atoms with Gasteiger partial charge in [-0.1, -0.05) is 63.6 Å². The predicted octanol–water partition coefficient (Wildman–Crippen LogP) is 6.04. The second kappa shape index (κ2) is 12.7. The molecule has 12 nitrogen and oxygen atoms in total. The van der Waals surface area contributed by atoms with Gasteiger partial charge in [-0.25, -0.2) is 24.1 Å². The monoisotopic (exact) mass is 695 g/mol. The van der Waals surface area contributed by atoms with Gasteiger partial charge < -0.3 is 15.8 Å². The van der Waals surface area contributed by atoms with Crippen LogP contribution in [-0.2, 0) is 16.6 Å². The maximum atomic E-state index is 15.1. The number of allylic oxidation sites excluding steroid dienone is 3. The lowest BCUT2D eigenvalue weighted by Gasteiger charge is -2.45. The van der Waals surface area contributed by atoms with Crippen molar-refractivity contribution in [2.75, 3.05) is 6.61 Å². The Hall–Kier alpha value is -4.59. The molecule has 1 aromatic carbocycles. The molecule has 1 aliphatic heterocycles. The van der Waals surface area contributed by atoms with E-state index in [2.05, 4.69) is 20.5 Å². The van der Waals surface area contributed by atoms with Gasteiger partial charge in [0.25, 0.3) is 5.91 Å². The number of hydrogen-bond acceptors (Lipinski definition) is 8. The van der Waals surface area contributed by atoms with Crippen molar-refractivity contribution >= 4 is 35.1 Å². The van der Waals surface area contributed by atoms with Gasteiger partial charge in [0.1, 0.15) is 12.9 Å². The first-order valence-corrected chi connectivity index (χ1v) is 16.5. The number of amides is 2. The number of ether oxygens (including phenoxy) is 1. The minimum Gasteiger partial charge on any atom is -0.447 e. The number of nitrogens with two attached hydrogens (primary N) is 1. The van der Waals surface area contributed by atoms with Crippen LogP contribution in [-0.4, -0.2) is 65.6 Å². The number of aromatic nitrogens is 5. The van der Waals surface area contributed by atoms with E-state index in [0.717, 1.165) is 12.8 Å². The summed E-state index contributed by atoms with van der Waals surface area (Å²) >= 11 is 6.62. The van der Waals surface area contributed by atoms with Gasteiger partial charge in [0.05, 0.1) is 17.3 Å². The molecular weight excluding hydrogens is 656 g/mol. The summed E-state index contributed by atoms with van der Waals surface area (Å²) in [7, 11) is 1.74. The molecule has 1 fully saturated rings. The number of nitrogens with one attached hydrogen (secondary N) is 1. The second-order valence-electron chi connectivity index (χ2n) is 14.3. The quantitative estimate of drug-likeness (QED) is 0.263. The summed E-state index contributed by atoms with van der Waals surface area (Å²) in [6, 6.07) is 4.46. The normalized spacial score (nSPS) is 23.1. The third kappa shape index (κ3) is 6.70. The fourth-order valence-corrected chi connectivity index (χ4v) is 6.78. The van der Waals surface area contributed by atoms with Crippen LogP contribution in [0.25, 0.3) is 17.0 Å². The smallest absolute Gasteiger partial charge is 0.407 e. The molecule has 3 atom stereocenters. The van der Waals surface area contributed by atoms with E-state index in [1.807, 2.05) is 45.9 Å². The maximum Gasteiger partial charge on any atom is 0.407 e. The average molecular weight is 696 g/mol. The molecule has 260 valence electrons. The number of benzene rings is 1. The molecule has 0 radical (unpaired) electrons. The van der Waals surface area contributed by atoms with Crippen molar-refractivity contribution in [2.24, 2.45) is 28.6 Å². The number of carbonyl (C=O) groups is 2. The van der Waals surface area contributed by atoms with Crippen molar-refractivity contribution in [3.05, 3.63) is 71.3 Å². The highest BCUT2D eigenvalue weighted by atomic mass is 35.5. The van der Waals surface area contributed by atoms with E-state index in [-0.39, 0.29) is 29.9 Å². The fourth-order valence-electron chi connectivity index (χ4n) is 6.58. The van der Waals surface area contributed by atoms with Crippen molar-refractivity contribution in [1.82, 2.24) is 34.8 Å². The Kier molecular flexibility index (Phi) is 8.88. The molecule has 0 spiro atoms. The summed E-state index contributed by atoms with van der Waals surface area (Å²) in [6.45, 7) is 5.07. The van der Waals surface area contributed by atoms with Crippen LogP contribution in [0.4, 0.5) is 13.6 Å². The van der Waals surface area contributed by atoms with Gasteiger partial charge >= 0.3 is 12.6 Å². The molecule has 0 saturated heterocycles. The van der Waals surface area contributed by atoms with Crippen LogP contribution < -0.4 is 11.1 Å². The summed E-state index contributed by atoms with van der Waals surface area (Å²) in [5.74, 6) is 0.153. The number of halogens is 3. The highest BCUT2D eigenvalue weighted by Crippen LogP contribution is 2.52. The van der Waals surface area contributed by atoms with Crippen molar-refractivity contribution in [3.63, 3.8) is 0 Å². The summed E-state index contributed by atoms with van der Waals surface area (Å²) in [5.41, 5.74) is 6.56. The van der Waals surface area contributed by atoms with Gasteiger partial charge in [-0.15, -0.1) is 0 Å². The lowest BCUT2D eigenvalue weighted by atomic mass is 9.61. The first-order valence-electron chi connectivity index (χ1n) is 16.1. The summed E-state index contributed by atoms with van der Waals surface area (Å²) in [6.07, 6.45) is 11.6. The average Bonchev–Trinajstić information content (AvgIpc) is 3.40. The highest BCUT2D eigenvalue weighted by molar-refractivity contribution is 6.33. The molecule has 1 unspecified atom stereocenters. The molecule has 0 bridgehead atoms. The minimum absolute atomic E-state index is 0.0109. The lowest BCUT2D eigenvalue weighted by molar-refractivity contribution is -0.138. The van der Waals surface area contributed by atoms with E-state index in [1.54, 1.807) is 29.9 Å². The third-order valence-electron chi connectivity index (χ3n) is 9.28. The van der Waals surface area contributed by atoms with Crippen molar-refractivity contribution in [1.29, 1.82) is 0 Å². The van der Waals surface area contributed by atoms with Gasteiger partial charge in [-0.05, 0) is 54.4 Å². The molecule has 2 aliphatic carbocycles. The highest BCUT2D eigenvalue weighted by Gasteiger charge is 2.60. The number of rotatable bonds is 10. The molecule has 15 heteroatoms. The maximum absolute atomic E-state index is 15.1. The predicted molar refractivity (Wildman–Crippen MR) is 180 cm³/mol. The Bertz CT molecular complexity index is 1860. The van der Waals surface area contributed by atoms with E-state index < -0.39 is 29.6 Å². The van der Waals surface area contributed by atoms with Gasteiger partial charge in [-0.2, -0.15) is 19.0 Å². The molecule has 2 aromatic heterocycles. The Morgan fingerprint density at radius 2 is 2.00 bits per heavy atom. The Balaban J connectivity index is 1.38. The van der Waals surface area contributed by atoms with Crippen LogP contribution in [0.1, 0.15) is 77.1 Å². The summed E-state index contributed by atoms with van der Waals surface area (Å²) in [5, 5.41) is 11.2. The molecule has 1 saturated carbocycles. The van der Waals surface area contributed by atoms with Crippen LogP contribution in [0.2, 0.25) is 5.02 Å². The number of aryl methyl sites for hydroxylation is 1. The van der Waals surface area contributed by atoms with Crippen LogP contribution >= 0.6 is 11.6 Å². The number of carbonyl (C=O) groups excluding carboxylic acids is 2. The van der Waals surface area contributed by atoms with Gasteiger partial charge in [0, 0.05) is 35.8 Å². The molecule has 6 rings (SSSR count). The van der Waals surface area contributed by atoms with Gasteiger partial charge in [-0.3, -0.25) is 9.69 Å². The fraction of sp³-hybridized carbons (Fsp3) is 0.471. The first kappa shape index (κ1) is 34.3. The third-order valence-corrected chi connectivity index (χ3v) is 9.61. The SMILES string of the molecule is Cn1ncnc1-c1cc([C@@H](COC(=O)NC2CC2)N2C(=O)[C@@](CC(C)(C)C)(C3(C)C=CC(c4cnn(C(F)F)c4)=CC3)N=C2N)ccc1Cl. The largest absolute Gasteiger partial charge is 0.447 e. The zero-order valence-electron chi connectivity index (χ0n) is 28.0. The van der Waals surface area contributed by atoms with E-state index in [4.69, 9.17) is 27.1 Å². The number of alkyl carbamates (subject to hydrolysis) is 1. The molecule has 3 heterocycles. The number of guanidine groups is 1. The first-order chi connectivity index (χ1) is 23.1.